The third-order valence-corrected chi connectivity index (χ3v) is 24.9. The van der Waals surface area contributed by atoms with E-state index in [9.17, 15) is 38.7 Å². The normalized spacial score (nSPS) is 15.3. The lowest BCUT2D eigenvalue weighted by Gasteiger charge is -2.41. The highest BCUT2D eigenvalue weighted by Gasteiger charge is 2.44. The van der Waals surface area contributed by atoms with Gasteiger partial charge >= 0.3 is 6.09 Å². The fourth-order valence-electron chi connectivity index (χ4n) is 15.1. The first-order chi connectivity index (χ1) is 62.6. The van der Waals surface area contributed by atoms with Crippen LogP contribution in [0.2, 0.25) is 0 Å². The highest BCUT2D eigenvalue weighted by atomic mass is 32.2. The van der Waals surface area contributed by atoms with E-state index in [0.717, 1.165) is 22.9 Å². The summed E-state index contributed by atoms with van der Waals surface area (Å²) in [5.74, 6) is -3.16. The van der Waals surface area contributed by atoms with Crippen molar-refractivity contribution >= 4 is 76.4 Å². The maximum Gasteiger partial charge on any atom is 0.410 e. The van der Waals surface area contributed by atoms with Crippen molar-refractivity contribution in [3.63, 3.8) is 0 Å². The van der Waals surface area contributed by atoms with Gasteiger partial charge in [0.1, 0.15) is 12.4 Å². The fourth-order valence-corrected chi connectivity index (χ4v) is 16.6. The summed E-state index contributed by atoms with van der Waals surface area (Å²) in [6.45, 7) is 35.0. The number of aliphatic hydroxyl groups excluding tert-OH is 1. The molecule has 11 atom stereocenters. The van der Waals surface area contributed by atoms with Gasteiger partial charge in [-0.2, -0.15) is 23.5 Å². The number of anilines is 1. The first-order valence-corrected chi connectivity index (χ1v) is 48.9. The molecule has 2 aromatic carbocycles. The summed E-state index contributed by atoms with van der Waals surface area (Å²) in [4.78, 5) is 118. The van der Waals surface area contributed by atoms with Gasteiger partial charge in [-0.3, -0.25) is 33.6 Å². The number of aliphatic hydroxyl groups is 1. The SMILES string of the molecule is CC[C@H](C)[C@@H]([C@@H](CC(=O)N1CCC[C@H]1[C@H](OC)[C@@H](C)C(=O)N[C@H](C)[C@@H](O)c1ccccc1)OC)N(C)C(=O)[C@@H](CC(=O)[C@H](C(C)C)N(C)C(=O)OCc1ccc(NC(=O)[C@H](CCCCNC(=O)CCOCCOCCOCCOCCOCCOCCOCCOCCOCCOCCOCCOC)CC(=O)CCCn2nnc(CSC(C)C)c2CSC(C)C)cc1)C(C)C. The average Bonchev–Trinajstić information content (AvgIpc) is 1.45. The van der Waals surface area contributed by atoms with Crippen LogP contribution in [0.1, 0.15) is 189 Å². The summed E-state index contributed by atoms with van der Waals surface area (Å²) in [5, 5.41) is 29.8. The van der Waals surface area contributed by atoms with Crippen molar-refractivity contribution in [3.05, 3.63) is 77.1 Å². The number of likely N-dealkylation sites (tertiary alicyclic amines) is 1. The smallest absolute Gasteiger partial charge is 0.410 e. The number of nitrogens with zero attached hydrogens (tertiary/aromatic N) is 6. The number of hydrogen-bond donors (Lipinski definition) is 4. The van der Waals surface area contributed by atoms with Crippen LogP contribution in [0.25, 0.3) is 0 Å². The summed E-state index contributed by atoms with van der Waals surface area (Å²) in [5.41, 5.74) is 3.77. The summed E-state index contributed by atoms with van der Waals surface area (Å²) in [6.07, 6.45) is 1.06. The van der Waals surface area contributed by atoms with E-state index in [1.54, 1.807) is 74.2 Å². The van der Waals surface area contributed by atoms with Crippen LogP contribution in [0.5, 0.6) is 0 Å². The summed E-state index contributed by atoms with van der Waals surface area (Å²) in [7, 11) is 7.90. The average molecular weight is 1880 g/mol. The zero-order valence-electron chi connectivity index (χ0n) is 81.2. The number of rotatable bonds is 78. The number of ether oxygens (including phenoxy) is 15. The van der Waals surface area contributed by atoms with Crippen molar-refractivity contribution < 1.29 is 115 Å². The molecule has 742 valence electrons. The van der Waals surface area contributed by atoms with Crippen LogP contribution in [-0.2, 0) is 129 Å². The maximum absolute atomic E-state index is 15.0. The molecule has 0 aliphatic carbocycles. The predicted molar refractivity (Wildman–Crippen MR) is 502 cm³/mol. The number of nitrogens with one attached hydrogen (secondary N) is 3. The minimum atomic E-state index is -0.958. The molecule has 0 bridgehead atoms. The number of aryl methyl sites for hydroxylation is 1. The van der Waals surface area contributed by atoms with Gasteiger partial charge in [0.05, 0.1) is 218 Å². The number of carbonyl (C=O) groups is 8. The molecule has 1 aliphatic rings. The number of unbranched alkanes of at least 4 members (excludes halogenated alkanes) is 1. The summed E-state index contributed by atoms with van der Waals surface area (Å²) < 4.78 is 85.7. The van der Waals surface area contributed by atoms with Crippen LogP contribution in [0, 0.1) is 35.5 Å². The Hall–Kier alpha value is -6.36. The third-order valence-electron chi connectivity index (χ3n) is 22.7. The molecule has 4 rings (SSSR count). The van der Waals surface area contributed by atoms with E-state index in [4.69, 9.17) is 71.1 Å². The van der Waals surface area contributed by atoms with E-state index in [2.05, 4.69) is 54.0 Å². The molecule has 1 aliphatic heterocycles. The molecule has 0 spiro atoms. The Morgan fingerprint density at radius 1 is 0.577 bits per heavy atom. The number of thioether (sulfide) groups is 2. The second-order valence-electron chi connectivity index (χ2n) is 34.1. The van der Waals surface area contributed by atoms with Crippen molar-refractivity contribution in [3.8, 4) is 0 Å². The highest BCUT2D eigenvalue weighted by molar-refractivity contribution is 7.99. The number of likely N-dealkylation sites (N-methyl/N-ethyl adjacent to an activating group) is 2. The molecule has 35 heteroatoms. The molecule has 1 saturated heterocycles. The number of amides is 6. The van der Waals surface area contributed by atoms with Crippen LogP contribution in [0.3, 0.4) is 0 Å². The number of aromatic nitrogens is 3. The lowest BCUT2D eigenvalue weighted by Crippen LogP contribution is -2.55. The molecule has 33 nitrogen and oxygen atoms in total. The summed E-state index contributed by atoms with van der Waals surface area (Å²) in [6, 6.07) is 13.4. The molecule has 4 N–H and O–H groups in total. The van der Waals surface area contributed by atoms with Gasteiger partial charge in [0, 0.05) is 110 Å². The molecule has 1 fully saturated rings. The van der Waals surface area contributed by atoms with E-state index in [-0.39, 0.29) is 104 Å². The standard InChI is InChI=1S/C95H161N9O24S2/c1-18-72(10)89(85(115-16)64-87(108)103-37-25-30-82(103)91(116-17)73(11)92(110)97-74(12)90(109)76-26-20-19-21-27-76)101(13)94(112)80(68(2)3)63-84(106)88(69(4)5)102(14)95(113)128-65-75-31-33-78(34-32-75)98-93(111)77(62-79(105)29-24-38-104-83(67-130-71(8)9)81(99-100-104)66-129-70(6)7)28-22-23-36-96-86(107)35-39-117-42-43-119-46-47-121-50-51-123-54-55-125-58-59-127-61-60-126-57-56-124-53-52-122-49-48-120-45-44-118-41-40-114-15/h19-21,26-27,31-34,68-74,77,80,82,85,88-91,109H,18,22-25,28-30,35-67H2,1-17H3,(H,96,107)(H,97,110)(H,98,111)/t72-,73+,74+,77+,80-,82-,85+,88-,89-,90+,91+/m0/s1. The fraction of sp³-hybridized carbons (Fsp3) is 0.768. The Morgan fingerprint density at radius 3 is 1.59 bits per heavy atom. The third kappa shape index (κ3) is 46.7. The molecule has 0 saturated carbocycles. The van der Waals surface area contributed by atoms with Gasteiger partial charge in [0.2, 0.25) is 29.5 Å². The Balaban J connectivity index is 1.21. The maximum atomic E-state index is 15.0. The molecule has 0 unspecified atom stereocenters. The number of hydrogen-bond acceptors (Lipinski definition) is 28. The number of carbonyl (C=O) groups excluding carboxylic acids is 8. The van der Waals surface area contributed by atoms with Crippen LogP contribution < -0.4 is 16.0 Å². The van der Waals surface area contributed by atoms with Gasteiger partial charge in [0.15, 0.2) is 5.78 Å². The van der Waals surface area contributed by atoms with Crippen LogP contribution in [0.15, 0.2) is 54.6 Å². The van der Waals surface area contributed by atoms with Crippen molar-refractivity contribution in [2.24, 2.45) is 35.5 Å². The predicted octanol–water partition coefficient (Wildman–Crippen LogP) is 11.0. The Bertz CT molecular complexity index is 3560. The molecule has 1 aromatic heterocycles. The first kappa shape index (κ1) is 116. The minimum Gasteiger partial charge on any atom is -0.445 e. The number of methoxy groups -OCH3 is 3. The largest absolute Gasteiger partial charge is 0.445 e. The second-order valence-corrected chi connectivity index (χ2v) is 37.2. The molecular weight excluding hydrogens is 1720 g/mol. The van der Waals surface area contributed by atoms with E-state index in [1.807, 2.05) is 87.9 Å². The number of ketones is 2. The van der Waals surface area contributed by atoms with E-state index in [1.165, 1.54) is 26.2 Å². The zero-order valence-corrected chi connectivity index (χ0v) is 82.8. The lowest BCUT2D eigenvalue weighted by molar-refractivity contribution is -0.149. The van der Waals surface area contributed by atoms with E-state index >= 15 is 4.79 Å². The summed E-state index contributed by atoms with van der Waals surface area (Å²) >= 11 is 3.63. The van der Waals surface area contributed by atoms with Gasteiger partial charge < -0.3 is 107 Å². The minimum absolute atomic E-state index is 0.0132. The van der Waals surface area contributed by atoms with Crippen molar-refractivity contribution in [1.82, 2.24) is 40.3 Å². The van der Waals surface area contributed by atoms with Gasteiger partial charge in [-0.25, -0.2) is 9.48 Å². The topological polar surface area (TPSA) is 372 Å². The van der Waals surface area contributed by atoms with Gasteiger partial charge in [0.25, 0.3) is 0 Å². The Morgan fingerprint density at radius 2 is 1.10 bits per heavy atom. The molecule has 0 radical (unpaired) electrons. The van der Waals surface area contributed by atoms with Crippen LogP contribution in [-0.4, -0.2) is 329 Å². The highest BCUT2D eigenvalue weighted by Crippen LogP contribution is 2.33. The first-order valence-electron chi connectivity index (χ1n) is 46.8. The second kappa shape index (κ2) is 69.5. The molecule has 6 amide bonds. The quantitative estimate of drug-likeness (QED) is 0.0381. The van der Waals surface area contributed by atoms with Gasteiger partial charge in [-0.15, -0.1) is 5.10 Å². The Kier molecular flexibility index (Phi) is 61.9. The van der Waals surface area contributed by atoms with Gasteiger partial charge in [-0.1, -0.05) is 137 Å². The molecular formula is C95H161N9O24S2. The number of Topliss-reactive ketones (excluding diaryl/α,β-unsaturated/α-hetero) is 2. The van der Waals surface area contributed by atoms with Crippen LogP contribution >= 0.6 is 23.5 Å². The van der Waals surface area contributed by atoms with E-state index in [0.29, 0.717) is 237 Å². The molecule has 2 heterocycles. The number of benzene rings is 2. The van der Waals surface area contributed by atoms with Crippen LogP contribution in [0.4, 0.5) is 10.5 Å². The van der Waals surface area contributed by atoms with Crippen molar-refractivity contribution in [2.45, 2.75) is 238 Å². The molecule has 130 heavy (non-hydrogen) atoms. The van der Waals surface area contributed by atoms with E-state index < -0.39 is 66.3 Å². The Labute approximate surface area is 783 Å². The lowest BCUT2D eigenvalue weighted by atomic mass is 9.83. The monoisotopic (exact) mass is 1880 g/mol. The molecule has 3 aromatic rings. The van der Waals surface area contributed by atoms with Crippen molar-refractivity contribution in [1.29, 1.82) is 0 Å². The van der Waals surface area contributed by atoms with Gasteiger partial charge in [-0.05, 0) is 90.5 Å². The van der Waals surface area contributed by atoms with Crippen molar-refractivity contribution in [2.75, 3.05) is 206 Å². The zero-order chi connectivity index (χ0) is 95.4.